The molecule has 0 aliphatic rings. The number of hydrogen-bond acceptors (Lipinski definition) is 3. The summed E-state index contributed by atoms with van der Waals surface area (Å²) in [7, 11) is 0. The van der Waals surface area contributed by atoms with E-state index in [1.807, 2.05) is 28.8 Å². The number of nitrogens with zero attached hydrogens (tertiary/aromatic N) is 2. The number of rotatable bonds is 4. The van der Waals surface area contributed by atoms with Crippen molar-refractivity contribution in [3.05, 3.63) is 58.8 Å². The number of thioether (sulfide) groups is 1. The van der Waals surface area contributed by atoms with Gasteiger partial charge in [0.1, 0.15) is 0 Å². The van der Waals surface area contributed by atoms with E-state index >= 15 is 0 Å². The molecular formula is C15H11Cl2N3OS. The Hall–Kier alpha value is -1.69. The summed E-state index contributed by atoms with van der Waals surface area (Å²) in [6.45, 7) is 0. The van der Waals surface area contributed by atoms with Gasteiger partial charge in [0.05, 0.1) is 28.2 Å². The van der Waals surface area contributed by atoms with Gasteiger partial charge in [0.2, 0.25) is 5.91 Å². The zero-order valence-corrected chi connectivity index (χ0v) is 13.6. The third-order valence-corrected chi connectivity index (χ3v) is 4.46. The van der Waals surface area contributed by atoms with Gasteiger partial charge in [0.15, 0.2) is 5.16 Å². The number of benzene rings is 1. The van der Waals surface area contributed by atoms with Gasteiger partial charge in [-0.2, -0.15) is 0 Å². The lowest BCUT2D eigenvalue weighted by Gasteiger charge is -2.07. The minimum atomic E-state index is -0.151. The van der Waals surface area contributed by atoms with E-state index in [1.165, 1.54) is 11.8 Å². The zero-order chi connectivity index (χ0) is 15.5. The SMILES string of the molecule is O=C(CSc1ncc2ccccn12)Nc1ccc(Cl)cc1Cl. The number of halogens is 2. The van der Waals surface area contributed by atoms with Crippen LogP contribution in [0.4, 0.5) is 5.69 Å². The molecule has 112 valence electrons. The lowest BCUT2D eigenvalue weighted by Crippen LogP contribution is -2.14. The Bertz CT molecular complexity index is 835. The predicted octanol–water partition coefficient (Wildman–Crippen LogP) is 4.37. The Labute approximate surface area is 141 Å². The molecule has 0 bridgehead atoms. The molecule has 3 rings (SSSR count). The Morgan fingerprint density at radius 1 is 1.27 bits per heavy atom. The summed E-state index contributed by atoms with van der Waals surface area (Å²) < 4.78 is 1.94. The normalized spacial score (nSPS) is 10.8. The van der Waals surface area contributed by atoms with Crippen molar-refractivity contribution in [2.24, 2.45) is 0 Å². The highest BCUT2D eigenvalue weighted by Gasteiger charge is 2.09. The number of carbonyl (C=O) groups is 1. The molecule has 22 heavy (non-hydrogen) atoms. The fraction of sp³-hybridized carbons (Fsp3) is 0.0667. The molecule has 0 saturated carbocycles. The van der Waals surface area contributed by atoms with Crippen molar-refractivity contribution in [3.8, 4) is 0 Å². The van der Waals surface area contributed by atoms with Crippen molar-refractivity contribution in [2.75, 3.05) is 11.1 Å². The second kappa shape index (κ2) is 6.60. The molecule has 4 nitrogen and oxygen atoms in total. The highest BCUT2D eigenvalue weighted by atomic mass is 35.5. The molecule has 0 aliphatic heterocycles. The summed E-state index contributed by atoms with van der Waals surface area (Å²) in [5, 5.41) is 4.47. The number of carbonyl (C=O) groups excluding carboxylic acids is 1. The van der Waals surface area contributed by atoms with E-state index in [0.717, 1.165) is 10.7 Å². The summed E-state index contributed by atoms with van der Waals surface area (Å²) in [6.07, 6.45) is 3.69. The highest BCUT2D eigenvalue weighted by molar-refractivity contribution is 7.99. The molecule has 1 aromatic carbocycles. The molecule has 7 heteroatoms. The highest BCUT2D eigenvalue weighted by Crippen LogP contribution is 2.26. The van der Waals surface area contributed by atoms with Crippen molar-refractivity contribution in [1.29, 1.82) is 0 Å². The van der Waals surface area contributed by atoms with Gasteiger partial charge in [-0.25, -0.2) is 4.98 Å². The summed E-state index contributed by atoms with van der Waals surface area (Å²) in [5.74, 6) is 0.0920. The number of fused-ring (bicyclic) bond motifs is 1. The van der Waals surface area contributed by atoms with Crippen LogP contribution in [-0.2, 0) is 4.79 Å². The molecule has 2 aromatic heterocycles. The number of hydrogen-bond donors (Lipinski definition) is 1. The first kappa shape index (κ1) is 15.2. The molecule has 0 fully saturated rings. The van der Waals surface area contributed by atoms with E-state index in [4.69, 9.17) is 23.2 Å². The smallest absolute Gasteiger partial charge is 0.234 e. The van der Waals surface area contributed by atoms with Crippen molar-refractivity contribution in [2.45, 2.75) is 5.16 Å². The quantitative estimate of drug-likeness (QED) is 0.709. The molecule has 0 unspecified atom stereocenters. The van der Waals surface area contributed by atoms with Crippen LogP contribution < -0.4 is 5.32 Å². The van der Waals surface area contributed by atoms with Gasteiger partial charge in [0.25, 0.3) is 0 Å². The van der Waals surface area contributed by atoms with Gasteiger partial charge >= 0.3 is 0 Å². The molecule has 2 heterocycles. The number of imidazole rings is 1. The van der Waals surface area contributed by atoms with Gasteiger partial charge in [-0.05, 0) is 30.3 Å². The van der Waals surface area contributed by atoms with E-state index < -0.39 is 0 Å². The van der Waals surface area contributed by atoms with Crippen LogP contribution in [0.3, 0.4) is 0 Å². The number of aromatic nitrogens is 2. The Morgan fingerprint density at radius 2 is 2.14 bits per heavy atom. The molecule has 3 aromatic rings. The second-order valence-corrected chi connectivity index (χ2v) is 6.28. The third kappa shape index (κ3) is 3.38. The summed E-state index contributed by atoms with van der Waals surface area (Å²) in [4.78, 5) is 16.3. The molecule has 0 atom stereocenters. The molecule has 1 amide bonds. The first-order chi connectivity index (χ1) is 10.6. The van der Waals surface area contributed by atoms with Crippen LogP contribution in [0.25, 0.3) is 5.52 Å². The Balaban J connectivity index is 1.65. The van der Waals surface area contributed by atoms with E-state index in [-0.39, 0.29) is 11.7 Å². The average molecular weight is 352 g/mol. The van der Waals surface area contributed by atoms with Crippen LogP contribution >= 0.6 is 35.0 Å². The van der Waals surface area contributed by atoms with Crippen LogP contribution in [0.2, 0.25) is 10.0 Å². The first-order valence-corrected chi connectivity index (χ1v) is 8.17. The van der Waals surface area contributed by atoms with Gasteiger partial charge in [0, 0.05) is 11.2 Å². The summed E-state index contributed by atoms with van der Waals surface area (Å²) in [6, 6.07) is 10.8. The standard InChI is InChI=1S/C15H11Cl2N3OS/c16-10-4-5-13(12(17)7-10)19-14(21)9-22-15-18-8-11-3-1-2-6-20(11)15/h1-8H,9H2,(H,19,21). The van der Waals surface area contributed by atoms with Crippen LogP contribution in [0.1, 0.15) is 0 Å². The van der Waals surface area contributed by atoms with Crippen LogP contribution in [0.15, 0.2) is 53.9 Å². The lowest BCUT2D eigenvalue weighted by atomic mass is 10.3. The number of pyridine rings is 1. The first-order valence-electron chi connectivity index (χ1n) is 6.43. The molecule has 0 radical (unpaired) electrons. The molecular weight excluding hydrogens is 341 g/mol. The van der Waals surface area contributed by atoms with Gasteiger partial charge in [-0.3, -0.25) is 9.20 Å². The Morgan fingerprint density at radius 3 is 2.95 bits per heavy atom. The van der Waals surface area contributed by atoms with Gasteiger partial charge in [-0.15, -0.1) is 0 Å². The van der Waals surface area contributed by atoms with E-state index in [0.29, 0.717) is 15.7 Å². The van der Waals surface area contributed by atoms with Crippen molar-refractivity contribution < 1.29 is 4.79 Å². The number of anilines is 1. The van der Waals surface area contributed by atoms with E-state index in [9.17, 15) is 4.79 Å². The second-order valence-electron chi connectivity index (χ2n) is 4.50. The fourth-order valence-corrected chi connectivity index (χ4v) is 3.15. The van der Waals surface area contributed by atoms with E-state index in [2.05, 4.69) is 10.3 Å². The van der Waals surface area contributed by atoms with Gasteiger partial charge in [-0.1, -0.05) is 41.0 Å². The van der Waals surface area contributed by atoms with Crippen LogP contribution in [-0.4, -0.2) is 21.0 Å². The Kier molecular flexibility index (Phi) is 4.57. The van der Waals surface area contributed by atoms with Crippen molar-refractivity contribution in [3.63, 3.8) is 0 Å². The number of amides is 1. The van der Waals surface area contributed by atoms with Crippen molar-refractivity contribution in [1.82, 2.24) is 9.38 Å². The molecule has 0 saturated heterocycles. The third-order valence-electron chi connectivity index (χ3n) is 2.94. The zero-order valence-electron chi connectivity index (χ0n) is 11.3. The largest absolute Gasteiger partial charge is 0.324 e. The lowest BCUT2D eigenvalue weighted by molar-refractivity contribution is -0.113. The minimum Gasteiger partial charge on any atom is -0.324 e. The average Bonchev–Trinajstić information content (AvgIpc) is 2.91. The number of nitrogens with one attached hydrogen (secondary N) is 1. The molecule has 0 spiro atoms. The molecule has 0 aliphatic carbocycles. The maximum Gasteiger partial charge on any atom is 0.234 e. The maximum atomic E-state index is 12.0. The van der Waals surface area contributed by atoms with Crippen molar-refractivity contribution >= 4 is 52.1 Å². The fourth-order valence-electron chi connectivity index (χ4n) is 1.93. The van der Waals surface area contributed by atoms with Crippen LogP contribution in [0, 0.1) is 0 Å². The van der Waals surface area contributed by atoms with Crippen LogP contribution in [0.5, 0.6) is 0 Å². The predicted molar refractivity (Wildman–Crippen MR) is 91.0 cm³/mol. The summed E-state index contributed by atoms with van der Waals surface area (Å²) in [5.41, 5.74) is 1.54. The topological polar surface area (TPSA) is 46.4 Å². The monoisotopic (exact) mass is 351 g/mol. The van der Waals surface area contributed by atoms with Gasteiger partial charge < -0.3 is 5.32 Å². The maximum absolute atomic E-state index is 12.0. The minimum absolute atomic E-state index is 0.151. The summed E-state index contributed by atoms with van der Waals surface area (Å²) >= 11 is 13.2. The molecule has 1 N–H and O–H groups in total. The van der Waals surface area contributed by atoms with E-state index in [1.54, 1.807) is 24.4 Å².